The van der Waals surface area contributed by atoms with Crippen LogP contribution in [0, 0.1) is 0 Å². The van der Waals surface area contributed by atoms with Crippen molar-refractivity contribution in [3.8, 4) is 11.4 Å². The average Bonchev–Trinajstić information content (AvgIpc) is 3.88. The zero-order valence-corrected chi connectivity index (χ0v) is 26.3. The van der Waals surface area contributed by atoms with E-state index in [1.165, 1.54) is 76.1 Å². The Labute approximate surface area is 279 Å². The summed E-state index contributed by atoms with van der Waals surface area (Å²) in [6, 6.07) is 55.5. The van der Waals surface area contributed by atoms with Crippen LogP contribution in [0.3, 0.4) is 0 Å². The molecular formula is C45H26N4. The van der Waals surface area contributed by atoms with Crippen molar-refractivity contribution in [1.29, 1.82) is 0 Å². The van der Waals surface area contributed by atoms with Gasteiger partial charge in [0.15, 0.2) is 0 Å². The standard InChI is InChI=1S/C45H26N4/c1-2-12-28-24-41-37(23-27(28)11-1)42-43-35(26-36-33-17-5-8-21-40(33)49(41)44(36)42)32-16-4-6-19-38(32)47(43)29-13-9-14-30(25-29)48-39-20-7-3-15-31(39)34-18-10-22-46-45(34)48/h1-26H. The van der Waals surface area contributed by atoms with E-state index in [0.29, 0.717) is 0 Å². The molecule has 0 spiro atoms. The molecule has 0 unspecified atom stereocenters. The van der Waals surface area contributed by atoms with Crippen molar-refractivity contribution in [2.24, 2.45) is 0 Å². The number of aromatic nitrogens is 4. The Morgan fingerprint density at radius 2 is 0.959 bits per heavy atom. The van der Waals surface area contributed by atoms with Crippen LogP contribution in [0.4, 0.5) is 0 Å². The average molecular weight is 623 g/mol. The van der Waals surface area contributed by atoms with Crippen LogP contribution in [-0.4, -0.2) is 18.5 Å². The van der Waals surface area contributed by atoms with Crippen molar-refractivity contribution in [2.75, 3.05) is 0 Å². The molecule has 0 N–H and O–H groups in total. The van der Waals surface area contributed by atoms with Gasteiger partial charge in [0.1, 0.15) is 5.65 Å². The molecule has 4 heteroatoms. The van der Waals surface area contributed by atoms with Gasteiger partial charge >= 0.3 is 0 Å². The number of benzene rings is 7. The van der Waals surface area contributed by atoms with E-state index in [2.05, 4.69) is 159 Å². The van der Waals surface area contributed by atoms with Gasteiger partial charge < -0.3 is 8.97 Å². The number of rotatable bonds is 2. The zero-order chi connectivity index (χ0) is 31.8. The largest absolute Gasteiger partial charge is 0.308 e. The minimum Gasteiger partial charge on any atom is -0.308 e. The molecule has 0 fully saturated rings. The predicted octanol–water partition coefficient (Wildman–Crippen LogP) is 11.6. The second kappa shape index (κ2) is 9.03. The van der Waals surface area contributed by atoms with Gasteiger partial charge in [0.25, 0.3) is 0 Å². The van der Waals surface area contributed by atoms with Gasteiger partial charge in [-0.25, -0.2) is 4.98 Å². The first-order valence-electron chi connectivity index (χ1n) is 16.8. The lowest BCUT2D eigenvalue weighted by atomic mass is 10.0. The van der Waals surface area contributed by atoms with Crippen LogP contribution < -0.4 is 0 Å². The van der Waals surface area contributed by atoms with Crippen molar-refractivity contribution in [3.05, 3.63) is 158 Å². The summed E-state index contributed by atoms with van der Waals surface area (Å²) < 4.78 is 7.30. The molecule has 0 aliphatic heterocycles. The van der Waals surface area contributed by atoms with Crippen molar-refractivity contribution >= 4 is 92.6 Å². The number of para-hydroxylation sites is 3. The van der Waals surface area contributed by atoms with Gasteiger partial charge in [-0.3, -0.25) is 4.57 Å². The van der Waals surface area contributed by atoms with Gasteiger partial charge in [-0.1, -0.05) is 84.9 Å². The quantitative estimate of drug-likeness (QED) is 0.188. The van der Waals surface area contributed by atoms with Gasteiger partial charge in [0.05, 0.1) is 33.1 Å². The summed E-state index contributed by atoms with van der Waals surface area (Å²) in [7, 11) is 0. The molecule has 5 heterocycles. The highest BCUT2D eigenvalue weighted by atomic mass is 15.1. The topological polar surface area (TPSA) is 27.2 Å². The number of fused-ring (bicyclic) bond motifs is 14. The van der Waals surface area contributed by atoms with Crippen LogP contribution in [-0.2, 0) is 0 Å². The van der Waals surface area contributed by atoms with Crippen molar-refractivity contribution in [3.63, 3.8) is 0 Å². The second-order valence-electron chi connectivity index (χ2n) is 13.2. The number of hydrogen-bond donors (Lipinski definition) is 0. The van der Waals surface area contributed by atoms with E-state index in [-0.39, 0.29) is 0 Å². The fourth-order valence-corrected chi connectivity index (χ4v) is 8.79. The van der Waals surface area contributed by atoms with E-state index >= 15 is 0 Å². The van der Waals surface area contributed by atoms with Crippen LogP contribution >= 0.6 is 0 Å². The molecule has 12 aromatic rings. The smallest absolute Gasteiger partial charge is 0.145 e. The van der Waals surface area contributed by atoms with E-state index < -0.39 is 0 Å². The molecule has 4 nitrogen and oxygen atoms in total. The van der Waals surface area contributed by atoms with E-state index in [4.69, 9.17) is 4.98 Å². The summed E-state index contributed by atoms with van der Waals surface area (Å²) in [5, 5.41) is 12.6. The zero-order valence-electron chi connectivity index (χ0n) is 26.3. The summed E-state index contributed by atoms with van der Waals surface area (Å²) >= 11 is 0. The van der Waals surface area contributed by atoms with Gasteiger partial charge in [0.2, 0.25) is 0 Å². The minimum absolute atomic E-state index is 0.966. The Bertz CT molecular complexity index is 3280. The SMILES string of the molecule is c1cc(-n2c3ccccc3c3cccnc32)cc(-n2c3ccccc3c3cc4c5ccccc5n5c6cc7ccccc7cc6c(c32)c45)c1. The lowest BCUT2D eigenvalue weighted by Gasteiger charge is -2.13. The molecule has 0 amide bonds. The maximum absolute atomic E-state index is 4.88. The molecule has 12 rings (SSSR count). The monoisotopic (exact) mass is 622 g/mol. The molecule has 0 saturated heterocycles. The number of hydrogen-bond acceptors (Lipinski definition) is 1. The highest BCUT2D eigenvalue weighted by molar-refractivity contribution is 6.34. The van der Waals surface area contributed by atoms with Crippen LogP contribution in [0.15, 0.2) is 158 Å². The molecule has 49 heavy (non-hydrogen) atoms. The maximum atomic E-state index is 4.88. The molecule has 0 saturated carbocycles. The van der Waals surface area contributed by atoms with Gasteiger partial charge in [0, 0.05) is 60.7 Å². The Balaban J connectivity index is 1.27. The number of nitrogens with zero attached hydrogens (tertiary/aromatic N) is 4. The normalized spacial score (nSPS) is 12.5. The third-order valence-electron chi connectivity index (χ3n) is 10.7. The fraction of sp³-hybridized carbons (Fsp3) is 0. The summed E-state index contributed by atoms with van der Waals surface area (Å²) in [5.74, 6) is 0. The Hall–Kier alpha value is -6.65. The molecular weight excluding hydrogens is 597 g/mol. The van der Waals surface area contributed by atoms with E-state index in [9.17, 15) is 0 Å². The first-order chi connectivity index (χ1) is 24.3. The number of pyridine rings is 1. The highest BCUT2D eigenvalue weighted by Crippen LogP contribution is 2.47. The van der Waals surface area contributed by atoms with Crippen LogP contribution in [0.2, 0.25) is 0 Å². The highest BCUT2D eigenvalue weighted by Gasteiger charge is 2.25. The lowest BCUT2D eigenvalue weighted by molar-refractivity contribution is 1.11. The second-order valence-corrected chi connectivity index (χ2v) is 13.2. The summed E-state index contributed by atoms with van der Waals surface area (Å²) in [4.78, 5) is 4.88. The molecule has 0 bridgehead atoms. The third kappa shape index (κ3) is 3.16. The Morgan fingerprint density at radius 1 is 0.367 bits per heavy atom. The first kappa shape index (κ1) is 25.4. The summed E-state index contributed by atoms with van der Waals surface area (Å²) in [6.07, 6.45) is 1.89. The van der Waals surface area contributed by atoms with E-state index in [1.807, 2.05) is 12.3 Å². The molecule has 0 radical (unpaired) electrons. The Morgan fingerprint density at radius 3 is 1.76 bits per heavy atom. The van der Waals surface area contributed by atoms with Crippen molar-refractivity contribution in [2.45, 2.75) is 0 Å². The molecule has 7 aromatic carbocycles. The van der Waals surface area contributed by atoms with Crippen LogP contribution in [0.25, 0.3) is 104 Å². The minimum atomic E-state index is 0.966. The first-order valence-corrected chi connectivity index (χ1v) is 16.8. The van der Waals surface area contributed by atoms with Crippen LogP contribution in [0.5, 0.6) is 0 Å². The van der Waals surface area contributed by atoms with Gasteiger partial charge in [-0.2, -0.15) is 0 Å². The molecule has 0 aliphatic carbocycles. The van der Waals surface area contributed by atoms with E-state index in [0.717, 1.165) is 27.9 Å². The third-order valence-corrected chi connectivity index (χ3v) is 10.7. The molecule has 0 aliphatic rings. The van der Waals surface area contributed by atoms with Crippen molar-refractivity contribution < 1.29 is 0 Å². The van der Waals surface area contributed by atoms with Crippen LogP contribution in [0.1, 0.15) is 0 Å². The van der Waals surface area contributed by atoms with Gasteiger partial charge in [-0.15, -0.1) is 0 Å². The Kier molecular flexibility index (Phi) is 4.69. The summed E-state index contributed by atoms with van der Waals surface area (Å²) in [5.41, 5.74) is 10.5. The molecule has 5 aromatic heterocycles. The molecule has 226 valence electrons. The lowest BCUT2D eigenvalue weighted by Crippen LogP contribution is -1.99. The fourth-order valence-electron chi connectivity index (χ4n) is 8.79. The molecule has 0 atom stereocenters. The van der Waals surface area contributed by atoms with Crippen molar-refractivity contribution in [1.82, 2.24) is 18.5 Å². The predicted molar refractivity (Wildman–Crippen MR) is 205 cm³/mol. The summed E-state index contributed by atoms with van der Waals surface area (Å²) in [6.45, 7) is 0. The van der Waals surface area contributed by atoms with Gasteiger partial charge in [-0.05, 0) is 77.5 Å². The maximum Gasteiger partial charge on any atom is 0.145 e. The van der Waals surface area contributed by atoms with E-state index in [1.54, 1.807) is 0 Å².